The number of alkyl halides is 2. The van der Waals surface area contributed by atoms with Crippen molar-refractivity contribution >= 4 is 0 Å². The van der Waals surface area contributed by atoms with Crippen molar-refractivity contribution in [2.24, 2.45) is 0 Å². The van der Waals surface area contributed by atoms with Crippen LogP contribution in [0.15, 0.2) is 61.1 Å². The van der Waals surface area contributed by atoms with Crippen LogP contribution in [0.4, 0.5) is 22.0 Å². The van der Waals surface area contributed by atoms with Crippen molar-refractivity contribution in [1.82, 2.24) is 25.2 Å². The lowest BCUT2D eigenvalue weighted by Gasteiger charge is -2.35. The van der Waals surface area contributed by atoms with E-state index in [9.17, 15) is 18.3 Å². The van der Waals surface area contributed by atoms with Gasteiger partial charge in [-0.3, -0.25) is 4.98 Å². The van der Waals surface area contributed by atoms with Gasteiger partial charge in [0.15, 0.2) is 11.9 Å². The zero-order chi connectivity index (χ0) is 25.9. The number of nitriles is 1. The minimum Gasteiger partial charge on any atom is -0.487 e. The second kappa shape index (κ2) is 9.67. The molecule has 13 heteroatoms. The molecule has 1 atom stereocenters. The number of hydrogen-bond donors (Lipinski definition) is 1. The molecule has 2 aromatic carbocycles. The van der Waals surface area contributed by atoms with Gasteiger partial charge in [-0.2, -0.15) is 18.8 Å². The summed E-state index contributed by atoms with van der Waals surface area (Å²) in [6.45, 7) is -1.32. The first kappa shape index (κ1) is 24.7. The average Bonchev–Trinajstić information content (AvgIpc) is 3.36. The molecular formula is C23H15F5N6O2. The Kier molecular flexibility index (Phi) is 6.63. The van der Waals surface area contributed by atoms with Crippen LogP contribution < -0.4 is 4.74 Å². The molecule has 4 aromatic rings. The fraction of sp³-hybridized carbons (Fsp3) is 0.174. The standard InChI is InChI=1S/C23H15F5N6O2/c24-16-3-5-18(20(26)8-16)22(35,12-34-32-13-31-33-34)23(27,28)21-6-4-17(10-30-21)36-11-15-2-1-14(9-29)7-19(15)25/h1-8,10,13,35H,11-12H2. The number of pyridine rings is 1. The maximum absolute atomic E-state index is 15.7. The number of nitrogens with zero attached hydrogens (tertiary/aromatic N) is 6. The first-order chi connectivity index (χ1) is 17.1. The van der Waals surface area contributed by atoms with E-state index in [2.05, 4.69) is 20.4 Å². The molecule has 2 aromatic heterocycles. The lowest BCUT2D eigenvalue weighted by Crippen LogP contribution is -2.48. The minimum absolute atomic E-state index is 0.00671. The zero-order valence-electron chi connectivity index (χ0n) is 18.1. The van der Waals surface area contributed by atoms with Crippen LogP contribution in [0.25, 0.3) is 0 Å². The molecule has 0 saturated heterocycles. The van der Waals surface area contributed by atoms with Crippen molar-refractivity contribution in [2.45, 2.75) is 24.7 Å². The Labute approximate surface area is 200 Å². The predicted molar refractivity (Wildman–Crippen MR) is 112 cm³/mol. The largest absolute Gasteiger partial charge is 0.487 e. The van der Waals surface area contributed by atoms with Crippen molar-refractivity contribution < 1.29 is 31.8 Å². The van der Waals surface area contributed by atoms with E-state index >= 15 is 8.78 Å². The smallest absolute Gasteiger partial charge is 0.323 e. The summed E-state index contributed by atoms with van der Waals surface area (Å²) in [6, 6.07) is 9.28. The van der Waals surface area contributed by atoms with Gasteiger partial charge in [-0.05, 0) is 41.6 Å². The van der Waals surface area contributed by atoms with Crippen molar-refractivity contribution in [2.75, 3.05) is 0 Å². The van der Waals surface area contributed by atoms with E-state index in [4.69, 9.17) is 10.00 Å². The van der Waals surface area contributed by atoms with Gasteiger partial charge in [0.25, 0.3) is 0 Å². The van der Waals surface area contributed by atoms with Gasteiger partial charge in [0.2, 0.25) is 0 Å². The lowest BCUT2D eigenvalue weighted by atomic mass is 9.84. The first-order valence-corrected chi connectivity index (χ1v) is 10.2. The van der Waals surface area contributed by atoms with Crippen LogP contribution in [-0.4, -0.2) is 30.3 Å². The molecule has 0 aliphatic heterocycles. The van der Waals surface area contributed by atoms with Gasteiger partial charge < -0.3 is 9.84 Å². The van der Waals surface area contributed by atoms with Crippen molar-refractivity contribution in [3.05, 3.63) is 101 Å². The Hall–Kier alpha value is -4.44. The Balaban J connectivity index is 1.62. The number of aromatic nitrogens is 5. The second-order valence-electron chi connectivity index (χ2n) is 7.61. The molecule has 0 fully saturated rings. The van der Waals surface area contributed by atoms with Gasteiger partial charge in [-0.15, -0.1) is 10.2 Å². The van der Waals surface area contributed by atoms with E-state index < -0.39 is 46.8 Å². The Morgan fingerprint density at radius 3 is 2.44 bits per heavy atom. The number of benzene rings is 2. The van der Waals surface area contributed by atoms with Crippen LogP contribution >= 0.6 is 0 Å². The zero-order valence-corrected chi connectivity index (χ0v) is 18.1. The molecule has 0 spiro atoms. The molecule has 0 amide bonds. The monoisotopic (exact) mass is 502 g/mol. The third-order valence-electron chi connectivity index (χ3n) is 5.29. The summed E-state index contributed by atoms with van der Waals surface area (Å²) in [4.78, 5) is 4.27. The summed E-state index contributed by atoms with van der Waals surface area (Å²) in [5, 5.41) is 30.3. The molecule has 36 heavy (non-hydrogen) atoms. The third-order valence-corrected chi connectivity index (χ3v) is 5.29. The Morgan fingerprint density at radius 2 is 1.83 bits per heavy atom. The normalized spacial score (nSPS) is 13.1. The summed E-state index contributed by atoms with van der Waals surface area (Å²) in [7, 11) is 0. The van der Waals surface area contributed by atoms with E-state index in [1.165, 1.54) is 12.1 Å². The van der Waals surface area contributed by atoms with E-state index in [-0.39, 0.29) is 23.5 Å². The molecule has 0 aliphatic carbocycles. The molecular weight excluding hydrogens is 487 g/mol. The topological polar surface area (TPSA) is 110 Å². The van der Waals surface area contributed by atoms with Gasteiger partial charge in [0.05, 0.1) is 17.8 Å². The highest BCUT2D eigenvalue weighted by atomic mass is 19.3. The summed E-state index contributed by atoms with van der Waals surface area (Å²) < 4.78 is 78.7. The number of rotatable bonds is 8. The highest BCUT2D eigenvalue weighted by molar-refractivity contribution is 5.34. The SMILES string of the molecule is N#Cc1ccc(COc2ccc(C(F)(F)C(O)(Cn3ncnn3)c3ccc(F)cc3F)nc2)c(F)c1. The highest BCUT2D eigenvalue weighted by Crippen LogP contribution is 2.46. The summed E-state index contributed by atoms with van der Waals surface area (Å²) in [6.07, 6.45) is 1.85. The second-order valence-corrected chi connectivity index (χ2v) is 7.61. The lowest BCUT2D eigenvalue weighted by molar-refractivity contribution is -0.209. The van der Waals surface area contributed by atoms with Crippen LogP contribution in [0, 0.1) is 28.8 Å². The van der Waals surface area contributed by atoms with E-state index in [1.807, 2.05) is 0 Å². The quantitative estimate of drug-likeness (QED) is 0.367. The van der Waals surface area contributed by atoms with Gasteiger partial charge in [-0.1, -0.05) is 6.07 Å². The molecule has 0 aliphatic rings. The maximum atomic E-state index is 15.7. The minimum atomic E-state index is -4.24. The molecule has 0 saturated carbocycles. The molecule has 8 nitrogen and oxygen atoms in total. The molecule has 0 radical (unpaired) electrons. The van der Waals surface area contributed by atoms with E-state index in [1.54, 1.807) is 6.07 Å². The van der Waals surface area contributed by atoms with E-state index in [0.717, 1.165) is 36.8 Å². The van der Waals surface area contributed by atoms with Crippen LogP contribution in [0.3, 0.4) is 0 Å². The predicted octanol–water partition coefficient (Wildman–Crippen LogP) is 3.62. The summed E-state index contributed by atoms with van der Waals surface area (Å²) >= 11 is 0. The van der Waals surface area contributed by atoms with Crippen LogP contribution in [-0.2, 0) is 24.7 Å². The third kappa shape index (κ3) is 4.71. The number of halogens is 5. The van der Waals surface area contributed by atoms with Gasteiger partial charge in [0.1, 0.15) is 42.0 Å². The molecule has 1 N–H and O–H groups in total. The number of ether oxygens (including phenoxy) is 1. The number of aliphatic hydroxyl groups is 1. The van der Waals surface area contributed by atoms with Crippen LogP contribution in [0.1, 0.15) is 22.4 Å². The van der Waals surface area contributed by atoms with Crippen molar-refractivity contribution in [3.8, 4) is 11.8 Å². The van der Waals surface area contributed by atoms with Crippen LogP contribution in [0.2, 0.25) is 0 Å². The Bertz CT molecular complexity index is 1410. The summed E-state index contributed by atoms with van der Waals surface area (Å²) in [5.41, 5.74) is -4.94. The number of hydrogen-bond acceptors (Lipinski definition) is 7. The van der Waals surface area contributed by atoms with E-state index in [0.29, 0.717) is 16.9 Å². The van der Waals surface area contributed by atoms with Gasteiger partial charge in [0, 0.05) is 17.2 Å². The van der Waals surface area contributed by atoms with Crippen LogP contribution in [0.5, 0.6) is 5.75 Å². The molecule has 0 bridgehead atoms. The molecule has 1 unspecified atom stereocenters. The first-order valence-electron chi connectivity index (χ1n) is 10.2. The van der Waals surface area contributed by atoms with Gasteiger partial charge in [-0.25, -0.2) is 13.2 Å². The molecule has 2 heterocycles. The molecule has 184 valence electrons. The maximum Gasteiger partial charge on any atom is 0.323 e. The van der Waals surface area contributed by atoms with Gasteiger partial charge >= 0.3 is 5.92 Å². The Morgan fingerprint density at radius 1 is 1.03 bits per heavy atom. The highest BCUT2D eigenvalue weighted by Gasteiger charge is 2.58. The van der Waals surface area contributed by atoms with Crippen molar-refractivity contribution in [1.29, 1.82) is 5.26 Å². The fourth-order valence-corrected chi connectivity index (χ4v) is 3.40. The molecule has 4 rings (SSSR count). The summed E-state index contributed by atoms with van der Waals surface area (Å²) in [5.74, 6) is -7.37. The van der Waals surface area contributed by atoms with Crippen molar-refractivity contribution in [3.63, 3.8) is 0 Å². The fourth-order valence-electron chi connectivity index (χ4n) is 3.40. The average molecular weight is 502 g/mol. The number of tetrazole rings is 1.